The summed E-state index contributed by atoms with van der Waals surface area (Å²) >= 11 is 1.39. The van der Waals surface area contributed by atoms with Crippen LogP contribution in [0.4, 0.5) is 5.00 Å². The van der Waals surface area contributed by atoms with Gasteiger partial charge in [-0.25, -0.2) is 0 Å². The maximum absolute atomic E-state index is 12.0. The fourth-order valence-corrected chi connectivity index (χ4v) is 3.66. The Labute approximate surface area is 139 Å². The average Bonchev–Trinajstić information content (AvgIpc) is 3.25. The van der Waals surface area contributed by atoms with Crippen molar-refractivity contribution in [1.29, 1.82) is 5.26 Å². The van der Waals surface area contributed by atoms with E-state index >= 15 is 0 Å². The zero-order chi connectivity index (χ0) is 16.1. The van der Waals surface area contributed by atoms with E-state index in [1.54, 1.807) is 12.3 Å². The van der Waals surface area contributed by atoms with Gasteiger partial charge >= 0.3 is 0 Å². The van der Waals surface area contributed by atoms with Gasteiger partial charge < -0.3 is 10.2 Å². The van der Waals surface area contributed by atoms with Gasteiger partial charge in [-0.3, -0.25) is 9.89 Å². The van der Waals surface area contributed by atoms with Gasteiger partial charge in [0.2, 0.25) is 5.91 Å². The number of aromatic amines is 1. The third-order valence-corrected chi connectivity index (χ3v) is 5.07. The van der Waals surface area contributed by atoms with Gasteiger partial charge in [0.25, 0.3) is 0 Å². The first-order chi connectivity index (χ1) is 11.3. The maximum atomic E-state index is 12.0. The number of rotatable bonds is 5. The molecular formula is C16H19N5OS. The summed E-state index contributed by atoms with van der Waals surface area (Å²) in [6.45, 7) is 2.76. The SMILES string of the molecule is N#Cc1ccsc1NC(=O)CCN1CCC(c2ccn[nH]2)CC1. The molecule has 6 nitrogen and oxygen atoms in total. The molecule has 2 aromatic rings. The number of likely N-dealkylation sites (tertiary alicyclic amines) is 1. The lowest BCUT2D eigenvalue weighted by atomic mass is 9.93. The number of nitrogens with zero attached hydrogens (tertiary/aromatic N) is 3. The number of nitriles is 1. The molecule has 1 amide bonds. The molecule has 0 aromatic carbocycles. The van der Waals surface area contributed by atoms with Crippen LogP contribution in [-0.4, -0.2) is 40.6 Å². The molecule has 3 heterocycles. The van der Waals surface area contributed by atoms with Crippen LogP contribution in [0.25, 0.3) is 0 Å². The molecule has 0 radical (unpaired) electrons. The molecule has 2 N–H and O–H groups in total. The number of H-pyrrole nitrogens is 1. The number of hydrogen-bond donors (Lipinski definition) is 2. The summed E-state index contributed by atoms with van der Waals surface area (Å²) in [7, 11) is 0. The molecular weight excluding hydrogens is 310 g/mol. The van der Waals surface area contributed by atoms with E-state index in [1.165, 1.54) is 17.0 Å². The largest absolute Gasteiger partial charge is 0.317 e. The maximum Gasteiger partial charge on any atom is 0.226 e. The first kappa shape index (κ1) is 15.7. The van der Waals surface area contributed by atoms with E-state index in [2.05, 4.69) is 26.5 Å². The minimum absolute atomic E-state index is 0.0281. The highest BCUT2D eigenvalue weighted by Crippen LogP contribution is 2.26. The molecule has 0 aliphatic carbocycles. The van der Waals surface area contributed by atoms with Crippen LogP contribution in [0.3, 0.4) is 0 Å². The Morgan fingerprint density at radius 3 is 3.00 bits per heavy atom. The van der Waals surface area contributed by atoms with Gasteiger partial charge in [-0.1, -0.05) is 0 Å². The molecule has 0 bridgehead atoms. The van der Waals surface area contributed by atoms with Gasteiger partial charge in [-0.2, -0.15) is 10.4 Å². The van der Waals surface area contributed by atoms with Crippen LogP contribution in [0.1, 0.15) is 36.4 Å². The zero-order valence-corrected chi connectivity index (χ0v) is 13.6. The first-order valence-electron chi connectivity index (χ1n) is 7.75. The molecule has 1 aliphatic rings. The molecule has 0 saturated carbocycles. The van der Waals surface area contributed by atoms with E-state index < -0.39 is 0 Å². The summed E-state index contributed by atoms with van der Waals surface area (Å²) in [5, 5.41) is 21.3. The Hall–Kier alpha value is -2.17. The molecule has 0 unspecified atom stereocenters. The summed E-state index contributed by atoms with van der Waals surface area (Å²) in [5.74, 6) is 0.520. The highest BCUT2D eigenvalue weighted by Gasteiger charge is 2.21. The molecule has 7 heteroatoms. The lowest BCUT2D eigenvalue weighted by Gasteiger charge is -2.31. The highest BCUT2D eigenvalue weighted by molar-refractivity contribution is 7.14. The molecule has 1 saturated heterocycles. The fraction of sp³-hybridized carbons (Fsp3) is 0.438. The number of nitrogens with one attached hydrogen (secondary N) is 2. The fourth-order valence-electron chi connectivity index (χ4n) is 2.90. The number of piperidine rings is 1. The van der Waals surface area contributed by atoms with Crippen LogP contribution >= 0.6 is 11.3 Å². The molecule has 2 aromatic heterocycles. The summed E-state index contributed by atoms with van der Waals surface area (Å²) in [6, 6.07) is 5.85. The van der Waals surface area contributed by atoms with Gasteiger partial charge in [0.1, 0.15) is 11.1 Å². The Morgan fingerprint density at radius 1 is 1.48 bits per heavy atom. The van der Waals surface area contributed by atoms with Crippen LogP contribution in [0.15, 0.2) is 23.7 Å². The number of amides is 1. The van der Waals surface area contributed by atoms with E-state index in [-0.39, 0.29) is 5.91 Å². The molecule has 0 spiro atoms. The summed E-state index contributed by atoms with van der Waals surface area (Å²) in [6.07, 6.45) is 4.43. The third-order valence-electron chi connectivity index (χ3n) is 4.24. The van der Waals surface area contributed by atoms with Crippen LogP contribution < -0.4 is 5.32 Å². The number of carbonyl (C=O) groups is 1. The van der Waals surface area contributed by atoms with Crippen molar-refractivity contribution in [3.63, 3.8) is 0 Å². The number of aromatic nitrogens is 2. The molecule has 120 valence electrons. The normalized spacial score (nSPS) is 16.1. The monoisotopic (exact) mass is 329 g/mol. The van der Waals surface area contributed by atoms with Crippen LogP contribution in [0.2, 0.25) is 0 Å². The van der Waals surface area contributed by atoms with Gasteiger partial charge in [0.05, 0.1) is 5.56 Å². The van der Waals surface area contributed by atoms with Gasteiger partial charge in [0, 0.05) is 30.8 Å². The Balaban J connectivity index is 1.41. The van der Waals surface area contributed by atoms with E-state index in [0.717, 1.165) is 32.5 Å². The minimum atomic E-state index is -0.0281. The van der Waals surface area contributed by atoms with Crippen LogP contribution in [0, 0.1) is 11.3 Å². The predicted molar refractivity (Wildman–Crippen MR) is 89.3 cm³/mol. The van der Waals surface area contributed by atoms with Gasteiger partial charge in [-0.05, 0) is 43.4 Å². The Bertz CT molecular complexity index is 680. The summed E-state index contributed by atoms with van der Waals surface area (Å²) in [5.41, 5.74) is 1.74. The smallest absolute Gasteiger partial charge is 0.226 e. The van der Waals surface area contributed by atoms with Crippen molar-refractivity contribution in [3.8, 4) is 6.07 Å². The van der Waals surface area contributed by atoms with Crippen LogP contribution in [0.5, 0.6) is 0 Å². The van der Waals surface area contributed by atoms with Gasteiger partial charge in [0.15, 0.2) is 0 Å². The Kier molecular flexibility index (Phi) is 5.05. The van der Waals surface area contributed by atoms with E-state index in [4.69, 9.17) is 5.26 Å². The molecule has 0 atom stereocenters. The number of carbonyl (C=O) groups excluding carboxylic acids is 1. The number of anilines is 1. The predicted octanol–water partition coefficient (Wildman–Crippen LogP) is 2.55. The molecule has 1 aliphatic heterocycles. The topological polar surface area (TPSA) is 84.8 Å². The van der Waals surface area contributed by atoms with Gasteiger partial charge in [-0.15, -0.1) is 11.3 Å². The third kappa shape index (κ3) is 3.97. The number of thiophene rings is 1. The van der Waals surface area contributed by atoms with Crippen molar-refractivity contribution in [2.75, 3.05) is 25.0 Å². The summed E-state index contributed by atoms with van der Waals surface area (Å²) < 4.78 is 0. The van der Waals surface area contributed by atoms with E-state index in [1.807, 2.05) is 11.4 Å². The second-order valence-electron chi connectivity index (χ2n) is 5.70. The lowest BCUT2D eigenvalue weighted by molar-refractivity contribution is -0.116. The molecule has 3 rings (SSSR count). The van der Waals surface area contributed by atoms with E-state index in [0.29, 0.717) is 22.9 Å². The van der Waals surface area contributed by atoms with Crippen molar-refractivity contribution in [2.24, 2.45) is 0 Å². The summed E-state index contributed by atoms with van der Waals surface area (Å²) in [4.78, 5) is 14.3. The van der Waals surface area contributed by atoms with Crippen molar-refractivity contribution >= 4 is 22.2 Å². The van der Waals surface area contributed by atoms with Crippen molar-refractivity contribution in [3.05, 3.63) is 35.0 Å². The van der Waals surface area contributed by atoms with E-state index in [9.17, 15) is 4.79 Å². The zero-order valence-electron chi connectivity index (χ0n) is 12.8. The van der Waals surface area contributed by atoms with Crippen molar-refractivity contribution in [2.45, 2.75) is 25.2 Å². The number of hydrogen-bond acceptors (Lipinski definition) is 5. The highest BCUT2D eigenvalue weighted by atomic mass is 32.1. The molecule has 23 heavy (non-hydrogen) atoms. The standard InChI is InChI=1S/C16H19N5OS/c17-11-13-5-10-23-16(13)19-15(22)4-9-21-7-2-12(3-8-21)14-1-6-18-20-14/h1,5-6,10,12H,2-4,7-9H2,(H,18,20)(H,19,22). The lowest BCUT2D eigenvalue weighted by Crippen LogP contribution is -2.35. The molecule has 1 fully saturated rings. The van der Waals surface area contributed by atoms with Crippen molar-refractivity contribution in [1.82, 2.24) is 15.1 Å². The van der Waals surface area contributed by atoms with Crippen LogP contribution in [-0.2, 0) is 4.79 Å². The quantitative estimate of drug-likeness (QED) is 0.883. The minimum Gasteiger partial charge on any atom is -0.317 e. The average molecular weight is 329 g/mol. The van der Waals surface area contributed by atoms with Crippen molar-refractivity contribution < 1.29 is 4.79 Å². The second kappa shape index (κ2) is 7.40. The first-order valence-corrected chi connectivity index (χ1v) is 8.63. The Morgan fingerprint density at radius 2 is 2.30 bits per heavy atom. The second-order valence-corrected chi connectivity index (χ2v) is 6.62.